The first-order valence-electron chi connectivity index (χ1n) is 22.5. The molecule has 0 bridgehead atoms. The van der Waals surface area contributed by atoms with Crippen molar-refractivity contribution in [3.63, 3.8) is 0 Å². The van der Waals surface area contributed by atoms with Crippen molar-refractivity contribution in [2.45, 2.75) is 71.6 Å². The maximum Gasteiger partial charge on any atom is 0.150 e. The van der Waals surface area contributed by atoms with Gasteiger partial charge in [0.25, 0.3) is 0 Å². The van der Waals surface area contributed by atoms with Crippen molar-refractivity contribution in [1.82, 2.24) is 0 Å². The number of fused-ring (bicyclic) bond motifs is 13. The van der Waals surface area contributed by atoms with Crippen molar-refractivity contribution in [3.05, 3.63) is 208 Å². The molecule has 0 saturated carbocycles. The van der Waals surface area contributed by atoms with Gasteiger partial charge in [-0.1, -0.05) is 138 Å². The molecule has 312 valence electrons. The van der Waals surface area contributed by atoms with Crippen molar-refractivity contribution in [2.24, 2.45) is 0 Å². The number of anilines is 3. The molecular formula is C61H49F2N. The predicted molar refractivity (Wildman–Crippen MR) is 264 cm³/mol. The maximum atomic E-state index is 16.4. The summed E-state index contributed by atoms with van der Waals surface area (Å²) in [6, 6.07) is 53.2. The Kier molecular flexibility index (Phi) is 7.95. The van der Waals surface area contributed by atoms with E-state index in [9.17, 15) is 4.39 Å². The van der Waals surface area contributed by atoms with Gasteiger partial charge in [-0.25, -0.2) is 8.78 Å². The van der Waals surface area contributed by atoms with E-state index >= 15 is 4.39 Å². The number of hydrogen-bond donors (Lipinski definition) is 0. The summed E-state index contributed by atoms with van der Waals surface area (Å²) in [5.74, 6) is -1.21. The van der Waals surface area contributed by atoms with Crippen LogP contribution in [0, 0.1) is 25.5 Å². The van der Waals surface area contributed by atoms with Crippen molar-refractivity contribution in [1.29, 1.82) is 0 Å². The van der Waals surface area contributed by atoms with Crippen LogP contribution in [0.4, 0.5) is 25.8 Å². The lowest BCUT2D eigenvalue weighted by Crippen LogP contribution is -2.18. The third-order valence-corrected chi connectivity index (χ3v) is 15.4. The molecule has 0 saturated heterocycles. The molecule has 0 heterocycles. The number of hydrogen-bond acceptors (Lipinski definition) is 1. The van der Waals surface area contributed by atoms with Crippen LogP contribution in [0.2, 0.25) is 0 Å². The molecule has 9 aromatic rings. The van der Waals surface area contributed by atoms with E-state index in [1.165, 1.54) is 117 Å². The SMILES string of the molecule is Cc1ccc(C)c(-c2cc3c(c4ccccc24)-c2ccc(N(c4ccc5c(c4)C(C)(C)c4cc6c(cc4-5)C(C)(C)c4ccc5ccccc5c4-6)c4ccc(F)cc4F)cc2C3(C)C)c1. The molecule has 3 aliphatic rings. The summed E-state index contributed by atoms with van der Waals surface area (Å²) >= 11 is 0. The first kappa shape index (κ1) is 38.8. The second kappa shape index (κ2) is 13.1. The molecule has 0 spiro atoms. The minimum atomic E-state index is -0.611. The normalized spacial score (nSPS) is 15.4. The van der Waals surface area contributed by atoms with Crippen molar-refractivity contribution >= 4 is 38.6 Å². The summed E-state index contributed by atoms with van der Waals surface area (Å²) in [5, 5.41) is 4.99. The van der Waals surface area contributed by atoms with Crippen LogP contribution in [-0.4, -0.2) is 0 Å². The number of nitrogens with zero attached hydrogens (tertiary/aromatic N) is 1. The van der Waals surface area contributed by atoms with Crippen LogP contribution in [0.1, 0.15) is 86.1 Å². The Labute approximate surface area is 374 Å². The molecule has 0 radical (unpaired) electrons. The van der Waals surface area contributed by atoms with Gasteiger partial charge >= 0.3 is 0 Å². The minimum absolute atomic E-state index is 0.165. The van der Waals surface area contributed by atoms with Crippen molar-refractivity contribution in [2.75, 3.05) is 4.90 Å². The minimum Gasteiger partial charge on any atom is -0.308 e. The van der Waals surface area contributed by atoms with Gasteiger partial charge in [-0.2, -0.15) is 0 Å². The van der Waals surface area contributed by atoms with Gasteiger partial charge in [0.2, 0.25) is 0 Å². The molecule has 0 unspecified atom stereocenters. The first-order valence-corrected chi connectivity index (χ1v) is 22.5. The summed E-state index contributed by atoms with van der Waals surface area (Å²) in [6.07, 6.45) is 0. The quantitative estimate of drug-likeness (QED) is 0.171. The number of aryl methyl sites for hydroxylation is 2. The highest BCUT2D eigenvalue weighted by Crippen LogP contribution is 2.59. The fourth-order valence-corrected chi connectivity index (χ4v) is 11.9. The summed E-state index contributed by atoms with van der Waals surface area (Å²) in [7, 11) is 0. The second-order valence-corrected chi connectivity index (χ2v) is 20.1. The van der Waals surface area contributed by atoms with Gasteiger partial charge in [-0.05, 0) is 173 Å². The topological polar surface area (TPSA) is 3.24 Å². The molecule has 0 aromatic heterocycles. The van der Waals surface area contributed by atoms with E-state index in [1.54, 1.807) is 6.07 Å². The molecule has 0 aliphatic heterocycles. The third kappa shape index (κ3) is 5.21. The van der Waals surface area contributed by atoms with E-state index in [1.807, 2.05) is 4.90 Å². The lowest BCUT2D eigenvalue weighted by molar-refractivity contribution is 0.584. The molecular weight excluding hydrogens is 785 g/mol. The third-order valence-electron chi connectivity index (χ3n) is 15.4. The molecule has 0 fully saturated rings. The van der Waals surface area contributed by atoms with Crippen LogP contribution >= 0.6 is 0 Å². The van der Waals surface area contributed by atoms with E-state index in [4.69, 9.17) is 0 Å². The van der Waals surface area contributed by atoms with Gasteiger partial charge in [0.05, 0.1) is 5.69 Å². The van der Waals surface area contributed by atoms with Gasteiger partial charge in [0.15, 0.2) is 0 Å². The molecule has 3 aliphatic carbocycles. The summed E-state index contributed by atoms with van der Waals surface area (Å²) in [6.45, 7) is 18.3. The van der Waals surface area contributed by atoms with Crippen LogP contribution in [0.5, 0.6) is 0 Å². The second-order valence-electron chi connectivity index (χ2n) is 20.1. The summed E-state index contributed by atoms with van der Waals surface area (Å²) < 4.78 is 31.0. The zero-order valence-electron chi connectivity index (χ0n) is 37.6. The average molecular weight is 834 g/mol. The van der Waals surface area contributed by atoms with Gasteiger partial charge in [-0.3, -0.25) is 0 Å². The molecule has 0 atom stereocenters. The van der Waals surface area contributed by atoms with Crippen LogP contribution in [0.25, 0.3) is 66.1 Å². The lowest BCUT2D eigenvalue weighted by Gasteiger charge is -2.30. The fraction of sp³-hybridized carbons (Fsp3) is 0.180. The van der Waals surface area contributed by atoms with Crippen molar-refractivity contribution in [3.8, 4) is 44.5 Å². The van der Waals surface area contributed by atoms with Crippen LogP contribution in [-0.2, 0) is 16.2 Å². The van der Waals surface area contributed by atoms with E-state index in [2.05, 4.69) is 189 Å². The standard InChI is InChI=1S/C61H49F2N/c1-34-17-18-35(2)45(27-34)46-31-54-58(43-16-12-11-15-41(43)46)44-24-22-39(30-51(44)61(54,7)8)64(56-26-20-37(62)28-55(56)63)38-21-23-42-47-32-53-48(33-52(47)60(5,6)50(42)29-38)57-40-14-10-9-13-36(40)19-25-49(57)59(53,3)4/h9-33H,1-8H3. The highest BCUT2D eigenvalue weighted by molar-refractivity contribution is 6.10. The number of halogens is 2. The largest absolute Gasteiger partial charge is 0.308 e. The Morgan fingerprint density at radius 3 is 1.72 bits per heavy atom. The molecule has 0 amide bonds. The monoisotopic (exact) mass is 833 g/mol. The highest BCUT2D eigenvalue weighted by atomic mass is 19.1. The smallest absolute Gasteiger partial charge is 0.150 e. The average Bonchev–Trinajstić information content (AvgIpc) is 3.76. The zero-order valence-corrected chi connectivity index (χ0v) is 37.6. The molecule has 3 heteroatoms. The fourth-order valence-electron chi connectivity index (χ4n) is 11.9. The van der Waals surface area contributed by atoms with E-state index < -0.39 is 11.6 Å². The Balaban J connectivity index is 1.02. The molecule has 1 nitrogen and oxygen atoms in total. The summed E-state index contributed by atoms with van der Waals surface area (Å²) in [5.41, 5.74) is 21.2. The van der Waals surface area contributed by atoms with Gasteiger partial charge < -0.3 is 4.90 Å². The van der Waals surface area contributed by atoms with Gasteiger partial charge in [0.1, 0.15) is 11.6 Å². The number of rotatable bonds is 4. The summed E-state index contributed by atoms with van der Waals surface area (Å²) in [4.78, 5) is 1.98. The molecule has 64 heavy (non-hydrogen) atoms. The zero-order chi connectivity index (χ0) is 44.2. The molecule has 12 rings (SSSR count). The highest BCUT2D eigenvalue weighted by Gasteiger charge is 2.43. The van der Waals surface area contributed by atoms with Crippen molar-refractivity contribution < 1.29 is 8.78 Å². The Bertz CT molecular complexity index is 3530. The first-order chi connectivity index (χ1) is 30.6. The number of benzene rings is 9. The molecule has 0 N–H and O–H groups in total. The van der Waals surface area contributed by atoms with Crippen LogP contribution in [0.3, 0.4) is 0 Å². The van der Waals surface area contributed by atoms with E-state index in [0.717, 1.165) is 17.4 Å². The lowest BCUT2D eigenvalue weighted by atomic mass is 9.79. The van der Waals surface area contributed by atoms with Gasteiger partial charge in [0, 0.05) is 33.7 Å². The molecule has 9 aromatic carbocycles. The Morgan fingerprint density at radius 2 is 0.969 bits per heavy atom. The maximum absolute atomic E-state index is 16.4. The van der Waals surface area contributed by atoms with Crippen LogP contribution < -0.4 is 4.90 Å². The van der Waals surface area contributed by atoms with Gasteiger partial charge in [-0.15, -0.1) is 0 Å². The van der Waals surface area contributed by atoms with E-state index in [0.29, 0.717) is 5.69 Å². The predicted octanol–water partition coefficient (Wildman–Crippen LogP) is 16.9. The Morgan fingerprint density at radius 1 is 0.391 bits per heavy atom. The Hall–Kier alpha value is -6.84. The van der Waals surface area contributed by atoms with E-state index in [-0.39, 0.29) is 16.2 Å². The van der Waals surface area contributed by atoms with Crippen LogP contribution in [0.15, 0.2) is 152 Å².